The fourth-order valence-corrected chi connectivity index (χ4v) is 2.34. The smallest absolute Gasteiger partial charge is 0.168 e. The summed E-state index contributed by atoms with van der Waals surface area (Å²) in [4.78, 5) is 12.1. The van der Waals surface area contributed by atoms with E-state index in [9.17, 15) is 4.79 Å². The summed E-state index contributed by atoms with van der Waals surface area (Å²) in [6.07, 6.45) is 0.208. The van der Waals surface area contributed by atoms with Gasteiger partial charge in [-0.05, 0) is 29.8 Å². The highest BCUT2D eigenvalue weighted by atomic mass is 35.5. The Bertz CT molecular complexity index is 593. The minimum atomic E-state index is -0.0650. The van der Waals surface area contributed by atoms with Crippen molar-refractivity contribution in [2.45, 2.75) is 6.42 Å². The largest absolute Gasteiger partial charge is 0.294 e. The van der Waals surface area contributed by atoms with Gasteiger partial charge in [0.25, 0.3) is 0 Å². The lowest BCUT2D eigenvalue weighted by atomic mass is 10.0. The van der Waals surface area contributed by atoms with E-state index in [1.54, 1.807) is 42.5 Å². The monoisotopic (exact) mass is 298 g/mol. The van der Waals surface area contributed by atoms with Crippen LogP contribution in [-0.2, 0) is 6.42 Å². The van der Waals surface area contributed by atoms with Gasteiger partial charge in [-0.15, -0.1) is 0 Å². The number of carbonyl (C=O) groups is 1. The molecule has 2 aromatic carbocycles. The first-order valence-corrected chi connectivity index (χ1v) is 6.43. The van der Waals surface area contributed by atoms with E-state index < -0.39 is 0 Å². The summed E-state index contributed by atoms with van der Waals surface area (Å²) >= 11 is 17.8. The van der Waals surface area contributed by atoms with Gasteiger partial charge in [0.2, 0.25) is 0 Å². The fraction of sp³-hybridized carbons (Fsp3) is 0.0714. The molecule has 0 saturated carbocycles. The number of halogens is 3. The van der Waals surface area contributed by atoms with E-state index in [4.69, 9.17) is 34.8 Å². The number of benzene rings is 2. The molecule has 0 bridgehead atoms. The molecule has 0 aromatic heterocycles. The molecule has 0 aliphatic heterocycles. The van der Waals surface area contributed by atoms with Crippen LogP contribution in [-0.4, -0.2) is 5.78 Å². The van der Waals surface area contributed by atoms with Crippen LogP contribution < -0.4 is 0 Å². The number of Topliss-reactive ketones (excluding diaryl/α,β-unsaturated/α-hetero) is 1. The van der Waals surface area contributed by atoms with Gasteiger partial charge in [0, 0.05) is 22.0 Å². The van der Waals surface area contributed by atoms with E-state index in [0.717, 1.165) is 5.56 Å². The van der Waals surface area contributed by atoms with Gasteiger partial charge in [0.15, 0.2) is 5.78 Å². The second-order valence-corrected chi connectivity index (χ2v) is 5.07. The van der Waals surface area contributed by atoms with Crippen LogP contribution >= 0.6 is 34.8 Å². The van der Waals surface area contributed by atoms with Crippen molar-refractivity contribution in [3.05, 3.63) is 68.7 Å². The van der Waals surface area contributed by atoms with Crippen LogP contribution in [0.25, 0.3) is 0 Å². The number of hydrogen-bond acceptors (Lipinski definition) is 1. The highest BCUT2D eigenvalue weighted by Gasteiger charge is 2.12. The molecule has 1 nitrogen and oxygen atoms in total. The summed E-state index contributed by atoms with van der Waals surface area (Å²) in [5.41, 5.74) is 1.25. The van der Waals surface area contributed by atoms with Crippen molar-refractivity contribution in [1.82, 2.24) is 0 Å². The van der Waals surface area contributed by atoms with Crippen molar-refractivity contribution < 1.29 is 4.79 Å². The van der Waals surface area contributed by atoms with Crippen molar-refractivity contribution in [3.8, 4) is 0 Å². The number of rotatable bonds is 3. The molecule has 18 heavy (non-hydrogen) atoms. The lowest BCUT2D eigenvalue weighted by molar-refractivity contribution is 0.0993. The van der Waals surface area contributed by atoms with E-state index in [0.29, 0.717) is 20.6 Å². The van der Waals surface area contributed by atoms with E-state index in [-0.39, 0.29) is 12.2 Å². The second kappa shape index (κ2) is 5.75. The summed E-state index contributed by atoms with van der Waals surface area (Å²) in [7, 11) is 0. The third-order valence-electron chi connectivity index (χ3n) is 2.54. The third kappa shape index (κ3) is 3.05. The van der Waals surface area contributed by atoms with Crippen LogP contribution in [0.1, 0.15) is 15.9 Å². The Morgan fingerprint density at radius 1 is 0.944 bits per heavy atom. The zero-order valence-corrected chi connectivity index (χ0v) is 11.6. The summed E-state index contributed by atoms with van der Waals surface area (Å²) < 4.78 is 0. The van der Waals surface area contributed by atoms with Gasteiger partial charge in [-0.1, -0.05) is 53.0 Å². The van der Waals surface area contributed by atoms with Crippen molar-refractivity contribution >= 4 is 40.6 Å². The van der Waals surface area contributed by atoms with Crippen LogP contribution in [0.5, 0.6) is 0 Å². The van der Waals surface area contributed by atoms with Gasteiger partial charge >= 0.3 is 0 Å². The molecule has 0 aliphatic carbocycles. The lowest BCUT2D eigenvalue weighted by Crippen LogP contribution is -2.04. The van der Waals surface area contributed by atoms with Crippen molar-refractivity contribution in [2.75, 3.05) is 0 Å². The van der Waals surface area contributed by atoms with Gasteiger partial charge in [-0.25, -0.2) is 0 Å². The molecule has 0 atom stereocenters. The van der Waals surface area contributed by atoms with Gasteiger partial charge in [0.05, 0.1) is 5.02 Å². The van der Waals surface area contributed by atoms with Crippen molar-refractivity contribution in [2.24, 2.45) is 0 Å². The molecule has 0 aliphatic rings. The van der Waals surface area contributed by atoms with Crippen molar-refractivity contribution in [3.63, 3.8) is 0 Å². The predicted octanol–water partition coefficient (Wildman–Crippen LogP) is 5.07. The van der Waals surface area contributed by atoms with Crippen LogP contribution in [0, 0.1) is 0 Å². The Labute approximate surface area is 120 Å². The average Bonchev–Trinajstić information content (AvgIpc) is 2.33. The average molecular weight is 300 g/mol. The number of hydrogen-bond donors (Lipinski definition) is 0. The molecule has 0 saturated heterocycles. The van der Waals surface area contributed by atoms with E-state index in [2.05, 4.69) is 0 Å². The molecule has 0 radical (unpaired) electrons. The first-order valence-electron chi connectivity index (χ1n) is 5.29. The Hall–Kier alpha value is -1.02. The normalized spacial score (nSPS) is 10.4. The molecular formula is C14H9Cl3O. The van der Waals surface area contributed by atoms with Crippen molar-refractivity contribution in [1.29, 1.82) is 0 Å². The predicted molar refractivity (Wildman–Crippen MR) is 75.9 cm³/mol. The summed E-state index contributed by atoms with van der Waals surface area (Å²) in [5.74, 6) is -0.0650. The Morgan fingerprint density at radius 3 is 2.33 bits per heavy atom. The molecule has 4 heteroatoms. The summed E-state index contributed by atoms with van der Waals surface area (Å²) in [5, 5.41) is 1.49. The van der Waals surface area contributed by atoms with Gasteiger partial charge in [0.1, 0.15) is 0 Å². The maximum atomic E-state index is 12.1. The minimum Gasteiger partial charge on any atom is -0.294 e. The Kier molecular flexibility index (Phi) is 4.28. The van der Waals surface area contributed by atoms with Crippen LogP contribution in [0.3, 0.4) is 0 Å². The van der Waals surface area contributed by atoms with Gasteiger partial charge in [-0.2, -0.15) is 0 Å². The first-order chi connectivity index (χ1) is 8.58. The molecule has 0 unspecified atom stereocenters. The Morgan fingerprint density at radius 2 is 1.67 bits per heavy atom. The molecule has 0 heterocycles. The second-order valence-electron chi connectivity index (χ2n) is 3.82. The first kappa shape index (κ1) is 13.4. The number of ketones is 1. The fourth-order valence-electron chi connectivity index (χ4n) is 1.62. The molecular weight excluding hydrogens is 291 g/mol. The molecule has 0 amide bonds. The van der Waals surface area contributed by atoms with E-state index in [1.165, 1.54) is 0 Å². The highest BCUT2D eigenvalue weighted by Crippen LogP contribution is 2.24. The van der Waals surface area contributed by atoms with Crippen LogP contribution in [0.4, 0.5) is 0 Å². The lowest BCUT2D eigenvalue weighted by Gasteiger charge is -2.05. The SMILES string of the molecule is O=C(Cc1ccc(Cl)cc1Cl)c1ccccc1Cl. The molecule has 0 spiro atoms. The minimum absolute atomic E-state index is 0.0650. The number of carbonyl (C=O) groups excluding carboxylic acids is 1. The zero-order valence-electron chi connectivity index (χ0n) is 9.29. The summed E-state index contributed by atoms with van der Waals surface area (Å²) in [6, 6.07) is 12.0. The zero-order chi connectivity index (χ0) is 13.1. The van der Waals surface area contributed by atoms with Crippen LogP contribution in [0.2, 0.25) is 15.1 Å². The summed E-state index contributed by atoms with van der Waals surface area (Å²) in [6.45, 7) is 0. The molecule has 0 N–H and O–H groups in total. The maximum absolute atomic E-state index is 12.1. The molecule has 2 rings (SSSR count). The topological polar surface area (TPSA) is 17.1 Å². The standard InChI is InChI=1S/C14H9Cl3O/c15-10-6-5-9(13(17)8-10)7-14(18)11-3-1-2-4-12(11)16/h1-6,8H,7H2. The highest BCUT2D eigenvalue weighted by molar-refractivity contribution is 6.35. The molecule has 0 fully saturated rings. The maximum Gasteiger partial charge on any atom is 0.168 e. The molecule has 2 aromatic rings. The molecule has 92 valence electrons. The van der Waals surface area contributed by atoms with Gasteiger partial charge < -0.3 is 0 Å². The third-order valence-corrected chi connectivity index (χ3v) is 3.46. The van der Waals surface area contributed by atoms with E-state index in [1.807, 2.05) is 0 Å². The quantitative estimate of drug-likeness (QED) is 0.723. The van der Waals surface area contributed by atoms with E-state index >= 15 is 0 Å². The van der Waals surface area contributed by atoms with Gasteiger partial charge in [-0.3, -0.25) is 4.79 Å². The van der Waals surface area contributed by atoms with Crippen LogP contribution in [0.15, 0.2) is 42.5 Å². The Balaban J connectivity index is 2.24.